The fourth-order valence-electron chi connectivity index (χ4n) is 1.59. The largest absolute Gasteiger partial charge is 0.478 e. The zero-order chi connectivity index (χ0) is 13.8. The molecule has 0 unspecified atom stereocenters. The van der Waals surface area contributed by atoms with Crippen LogP contribution in [-0.2, 0) is 6.54 Å². The average molecular weight is 341 g/mol. The third-order valence-electron chi connectivity index (χ3n) is 2.61. The molecule has 5 heteroatoms. The normalized spacial score (nSPS) is 10.2. The van der Waals surface area contributed by atoms with E-state index in [2.05, 4.69) is 21.2 Å². The molecule has 0 saturated carbocycles. The van der Waals surface area contributed by atoms with Crippen LogP contribution in [0.1, 0.15) is 15.9 Å². The van der Waals surface area contributed by atoms with Crippen molar-refractivity contribution in [3.05, 3.63) is 63.1 Å². The molecule has 19 heavy (non-hydrogen) atoms. The van der Waals surface area contributed by atoms with Crippen molar-refractivity contribution in [1.82, 2.24) is 0 Å². The van der Waals surface area contributed by atoms with Crippen LogP contribution in [0.5, 0.6) is 0 Å². The van der Waals surface area contributed by atoms with Crippen molar-refractivity contribution in [2.45, 2.75) is 6.54 Å². The van der Waals surface area contributed by atoms with E-state index in [1.54, 1.807) is 6.07 Å². The minimum atomic E-state index is -0.969. The van der Waals surface area contributed by atoms with Crippen LogP contribution >= 0.6 is 27.5 Å². The minimum absolute atomic E-state index is 0.211. The van der Waals surface area contributed by atoms with Crippen LogP contribution in [0.15, 0.2) is 46.9 Å². The average Bonchev–Trinajstić information content (AvgIpc) is 2.39. The number of anilines is 1. The number of halogens is 2. The van der Waals surface area contributed by atoms with Crippen LogP contribution < -0.4 is 5.32 Å². The Balaban J connectivity index is 2.12. The summed E-state index contributed by atoms with van der Waals surface area (Å²) in [4.78, 5) is 10.9. The Bertz CT molecular complexity index is 599. The SMILES string of the molecule is O=C(O)c1ccc(Cl)c(NCc2ccc(Br)cc2)c1. The first-order valence-corrected chi connectivity index (χ1v) is 6.74. The summed E-state index contributed by atoms with van der Waals surface area (Å²) < 4.78 is 1.02. The molecule has 0 amide bonds. The van der Waals surface area contributed by atoms with E-state index in [0.29, 0.717) is 17.3 Å². The second-order valence-electron chi connectivity index (χ2n) is 3.98. The third kappa shape index (κ3) is 3.72. The standard InChI is InChI=1S/C14H11BrClNO2/c15-11-4-1-9(2-5-11)8-17-13-7-10(14(18)19)3-6-12(13)16/h1-7,17H,8H2,(H,18,19). The molecule has 0 aliphatic carbocycles. The summed E-state index contributed by atoms with van der Waals surface area (Å²) in [6.07, 6.45) is 0. The first-order chi connectivity index (χ1) is 9.06. The number of benzene rings is 2. The Morgan fingerprint density at radius 2 is 1.89 bits per heavy atom. The van der Waals surface area contributed by atoms with Gasteiger partial charge in [-0.2, -0.15) is 0 Å². The maximum absolute atomic E-state index is 10.9. The van der Waals surface area contributed by atoms with E-state index in [0.717, 1.165) is 10.0 Å². The fraction of sp³-hybridized carbons (Fsp3) is 0.0714. The molecular formula is C14H11BrClNO2. The Morgan fingerprint density at radius 3 is 2.53 bits per heavy atom. The lowest BCUT2D eigenvalue weighted by atomic mass is 10.2. The topological polar surface area (TPSA) is 49.3 Å². The number of aromatic carboxylic acids is 1. The number of carbonyl (C=O) groups is 1. The quantitative estimate of drug-likeness (QED) is 0.866. The maximum atomic E-state index is 10.9. The van der Waals surface area contributed by atoms with Gasteiger partial charge in [-0.25, -0.2) is 4.79 Å². The Morgan fingerprint density at radius 1 is 1.21 bits per heavy atom. The molecule has 3 nitrogen and oxygen atoms in total. The van der Waals surface area contributed by atoms with Crippen LogP contribution in [0.2, 0.25) is 5.02 Å². The Labute approximate surface area is 124 Å². The number of nitrogens with one attached hydrogen (secondary N) is 1. The van der Waals surface area contributed by atoms with Gasteiger partial charge in [0.2, 0.25) is 0 Å². The number of hydrogen-bond donors (Lipinski definition) is 2. The van der Waals surface area contributed by atoms with E-state index in [4.69, 9.17) is 16.7 Å². The number of carboxylic acid groups (broad SMARTS) is 1. The zero-order valence-electron chi connectivity index (χ0n) is 9.86. The summed E-state index contributed by atoms with van der Waals surface area (Å²) >= 11 is 9.40. The van der Waals surface area contributed by atoms with Crippen molar-refractivity contribution in [2.75, 3.05) is 5.32 Å². The van der Waals surface area contributed by atoms with Gasteiger partial charge in [-0.15, -0.1) is 0 Å². The summed E-state index contributed by atoms with van der Waals surface area (Å²) in [5.74, 6) is -0.969. The molecule has 0 heterocycles. The third-order valence-corrected chi connectivity index (χ3v) is 3.47. The molecule has 0 saturated heterocycles. The lowest BCUT2D eigenvalue weighted by Gasteiger charge is -2.09. The smallest absolute Gasteiger partial charge is 0.335 e. The summed E-state index contributed by atoms with van der Waals surface area (Å²) in [5, 5.41) is 12.6. The summed E-state index contributed by atoms with van der Waals surface area (Å²) in [6, 6.07) is 12.4. The summed E-state index contributed by atoms with van der Waals surface area (Å²) in [6.45, 7) is 0.579. The van der Waals surface area contributed by atoms with Crippen LogP contribution in [0, 0.1) is 0 Å². The lowest BCUT2D eigenvalue weighted by Crippen LogP contribution is -2.02. The van der Waals surface area contributed by atoms with Gasteiger partial charge in [0.25, 0.3) is 0 Å². The predicted molar refractivity (Wildman–Crippen MR) is 79.9 cm³/mol. The van der Waals surface area contributed by atoms with E-state index in [9.17, 15) is 4.79 Å². The summed E-state index contributed by atoms with van der Waals surface area (Å²) in [5.41, 5.74) is 1.91. The van der Waals surface area contributed by atoms with Crippen molar-refractivity contribution in [3.63, 3.8) is 0 Å². The molecule has 0 radical (unpaired) electrons. The van der Waals surface area contributed by atoms with E-state index >= 15 is 0 Å². The van der Waals surface area contributed by atoms with E-state index < -0.39 is 5.97 Å². The first kappa shape index (κ1) is 13.9. The second-order valence-corrected chi connectivity index (χ2v) is 5.30. The lowest BCUT2D eigenvalue weighted by molar-refractivity contribution is 0.0697. The highest BCUT2D eigenvalue weighted by Gasteiger charge is 2.07. The molecule has 2 aromatic rings. The first-order valence-electron chi connectivity index (χ1n) is 5.57. The molecule has 0 spiro atoms. The second kappa shape index (κ2) is 6.08. The highest BCUT2D eigenvalue weighted by molar-refractivity contribution is 9.10. The number of hydrogen-bond acceptors (Lipinski definition) is 2. The van der Waals surface area contributed by atoms with Gasteiger partial charge < -0.3 is 10.4 Å². The molecule has 0 atom stereocenters. The molecule has 98 valence electrons. The Kier molecular flexibility index (Phi) is 4.45. The van der Waals surface area contributed by atoms with Gasteiger partial charge in [0.05, 0.1) is 16.3 Å². The molecule has 2 rings (SSSR count). The van der Waals surface area contributed by atoms with E-state index in [1.807, 2.05) is 24.3 Å². The molecule has 0 aromatic heterocycles. The van der Waals surface area contributed by atoms with Crippen molar-refractivity contribution in [3.8, 4) is 0 Å². The van der Waals surface area contributed by atoms with Gasteiger partial charge >= 0.3 is 5.97 Å². The van der Waals surface area contributed by atoms with Gasteiger partial charge in [0.15, 0.2) is 0 Å². The van der Waals surface area contributed by atoms with Crippen molar-refractivity contribution in [1.29, 1.82) is 0 Å². The molecule has 0 bridgehead atoms. The number of rotatable bonds is 4. The molecule has 2 N–H and O–H groups in total. The fourth-order valence-corrected chi connectivity index (χ4v) is 2.04. The zero-order valence-corrected chi connectivity index (χ0v) is 12.2. The van der Waals surface area contributed by atoms with Crippen molar-refractivity contribution < 1.29 is 9.90 Å². The van der Waals surface area contributed by atoms with Gasteiger partial charge in [0, 0.05) is 11.0 Å². The maximum Gasteiger partial charge on any atom is 0.335 e. The molecular weight excluding hydrogens is 330 g/mol. The van der Waals surface area contributed by atoms with E-state index in [-0.39, 0.29) is 5.56 Å². The van der Waals surface area contributed by atoms with E-state index in [1.165, 1.54) is 12.1 Å². The van der Waals surface area contributed by atoms with Crippen LogP contribution in [0.4, 0.5) is 5.69 Å². The van der Waals surface area contributed by atoms with Gasteiger partial charge in [-0.3, -0.25) is 0 Å². The van der Waals surface area contributed by atoms with Crippen LogP contribution in [0.3, 0.4) is 0 Å². The minimum Gasteiger partial charge on any atom is -0.478 e. The monoisotopic (exact) mass is 339 g/mol. The number of carboxylic acids is 1. The van der Waals surface area contributed by atoms with Crippen LogP contribution in [0.25, 0.3) is 0 Å². The molecule has 0 fully saturated rings. The van der Waals surface area contributed by atoms with Crippen molar-refractivity contribution in [2.24, 2.45) is 0 Å². The molecule has 0 aliphatic heterocycles. The highest BCUT2D eigenvalue weighted by Crippen LogP contribution is 2.24. The van der Waals surface area contributed by atoms with Crippen molar-refractivity contribution >= 4 is 39.2 Å². The highest BCUT2D eigenvalue weighted by atomic mass is 79.9. The Hall–Kier alpha value is -1.52. The van der Waals surface area contributed by atoms with Gasteiger partial charge in [-0.05, 0) is 35.9 Å². The predicted octanol–water partition coefficient (Wildman–Crippen LogP) is 4.41. The molecule has 0 aliphatic rings. The molecule has 2 aromatic carbocycles. The summed E-state index contributed by atoms with van der Waals surface area (Å²) in [7, 11) is 0. The van der Waals surface area contributed by atoms with Gasteiger partial charge in [0.1, 0.15) is 0 Å². The van der Waals surface area contributed by atoms with Crippen LogP contribution in [-0.4, -0.2) is 11.1 Å². The van der Waals surface area contributed by atoms with Gasteiger partial charge in [-0.1, -0.05) is 39.7 Å².